The Hall–Kier alpha value is -3.80. The van der Waals surface area contributed by atoms with Crippen LogP contribution in [-0.2, 0) is 0 Å². The standard InChI is InChI=1S/C13H9NO2.C9H7NO2.2C2H6/c1-14-12(15)9-6-2-4-8-5-3-7-10(11(8)9)13(14)16;1-10-8(11)6-4-2-3-5-7(6)9(10)12;2*1-2/h2-7H,1H3;2-5H,1H3;2*1-2H3. The third kappa shape index (κ3) is 4.17. The Kier molecular flexibility index (Phi) is 8.02. The highest BCUT2D eigenvalue weighted by atomic mass is 16.2. The van der Waals surface area contributed by atoms with Crippen LogP contribution in [0.5, 0.6) is 0 Å². The highest BCUT2D eigenvalue weighted by Gasteiger charge is 2.32. The van der Waals surface area contributed by atoms with E-state index in [-0.39, 0.29) is 23.6 Å². The lowest BCUT2D eigenvalue weighted by Crippen LogP contribution is -2.36. The molecule has 32 heavy (non-hydrogen) atoms. The number of carbonyl (C=O) groups is 4. The zero-order valence-corrected chi connectivity index (χ0v) is 19.3. The van der Waals surface area contributed by atoms with Gasteiger partial charge in [-0.3, -0.25) is 29.0 Å². The van der Waals surface area contributed by atoms with Gasteiger partial charge in [-0.05, 0) is 29.7 Å². The van der Waals surface area contributed by atoms with Gasteiger partial charge in [-0.25, -0.2) is 0 Å². The average Bonchev–Trinajstić information content (AvgIpc) is 3.08. The van der Waals surface area contributed by atoms with Gasteiger partial charge in [0, 0.05) is 30.6 Å². The van der Waals surface area contributed by atoms with Gasteiger partial charge in [0.2, 0.25) is 0 Å². The van der Waals surface area contributed by atoms with E-state index in [4.69, 9.17) is 0 Å². The van der Waals surface area contributed by atoms with Crippen molar-refractivity contribution in [3.8, 4) is 0 Å². The summed E-state index contributed by atoms with van der Waals surface area (Å²) in [5.41, 5.74) is 2.22. The van der Waals surface area contributed by atoms with E-state index in [9.17, 15) is 19.2 Å². The van der Waals surface area contributed by atoms with Crippen LogP contribution in [0, 0.1) is 0 Å². The predicted molar refractivity (Wildman–Crippen MR) is 126 cm³/mol. The molecule has 166 valence electrons. The van der Waals surface area contributed by atoms with Gasteiger partial charge in [-0.2, -0.15) is 0 Å². The van der Waals surface area contributed by atoms with Crippen molar-refractivity contribution in [2.24, 2.45) is 0 Å². The fourth-order valence-electron chi connectivity index (χ4n) is 3.46. The minimum Gasteiger partial charge on any atom is -0.277 e. The molecule has 0 unspecified atom stereocenters. The second-order valence-corrected chi connectivity index (χ2v) is 6.59. The SMILES string of the molecule is CC.CC.CN1C(=O)c2cccc3cccc(c23)C1=O.CN1C(=O)c2ccccc2C1=O. The molecule has 4 amide bonds. The van der Waals surface area contributed by atoms with Gasteiger partial charge >= 0.3 is 0 Å². The molecule has 0 radical (unpaired) electrons. The fourth-order valence-corrected chi connectivity index (χ4v) is 3.46. The van der Waals surface area contributed by atoms with Gasteiger partial charge in [0.1, 0.15) is 0 Å². The molecule has 0 fully saturated rings. The van der Waals surface area contributed by atoms with E-state index in [1.54, 1.807) is 36.4 Å². The molecule has 2 aliphatic heterocycles. The normalized spacial score (nSPS) is 13.4. The van der Waals surface area contributed by atoms with Gasteiger partial charge in [0.15, 0.2) is 0 Å². The summed E-state index contributed by atoms with van der Waals surface area (Å²) in [6.07, 6.45) is 0. The molecule has 3 aromatic rings. The van der Waals surface area contributed by atoms with E-state index in [2.05, 4.69) is 0 Å². The van der Waals surface area contributed by atoms with Crippen molar-refractivity contribution in [2.75, 3.05) is 14.1 Å². The number of amides is 4. The van der Waals surface area contributed by atoms with E-state index in [1.807, 2.05) is 52.0 Å². The summed E-state index contributed by atoms with van der Waals surface area (Å²) < 4.78 is 0. The van der Waals surface area contributed by atoms with E-state index < -0.39 is 0 Å². The zero-order chi connectivity index (χ0) is 24.0. The summed E-state index contributed by atoms with van der Waals surface area (Å²) in [4.78, 5) is 48.8. The first-order chi connectivity index (χ1) is 15.4. The van der Waals surface area contributed by atoms with Crippen LogP contribution in [-0.4, -0.2) is 47.5 Å². The molecule has 0 aliphatic carbocycles. The highest BCUT2D eigenvalue weighted by molar-refractivity contribution is 6.25. The summed E-state index contributed by atoms with van der Waals surface area (Å²) in [5, 5.41) is 1.71. The Morgan fingerprint density at radius 1 is 0.469 bits per heavy atom. The molecular formula is C26H28N2O4. The van der Waals surface area contributed by atoms with Gasteiger partial charge < -0.3 is 0 Å². The number of nitrogens with zero attached hydrogens (tertiary/aromatic N) is 2. The number of carbonyl (C=O) groups excluding carboxylic acids is 4. The zero-order valence-electron chi connectivity index (χ0n) is 19.3. The largest absolute Gasteiger partial charge is 0.277 e. The maximum absolute atomic E-state index is 11.9. The Morgan fingerprint density at radius 2 is 0.781 bits per heavy atom. The van der Waals surface area contributed by atoms with Crippen molar-refractivity contribution in [1.82, 2.24) is 9.80 Å². The van der Waals surface area contributed by atoms with E-state index in [0.29, 0.717) is 22.3 Å². The van der Waals surface area contributed by atoms with Crippen LogP contribution >= 0.6 is 0 Å². The minimum atomic E-state index is -0.228. The quantitative estimate of drug-likeness (QED) is 0.467. The monoisotopic (exact) mass is 432 g/mol. The van der Waals surface area contributed by atoms with Gasteiger partial charge in [0.25, 0.3) is 23.6 Å². The Morgan fingerprint density at radius 3 is 1.16 bits per heavy atom. The maximum atomic E-state index is 11.9. The van der Waals surface area contributed by atoms with Crippen LogP contribution in [0.1, 0.15) is 69.1 Å². The van der Waals surface area contributed by atoms with Gasteiger partial charge in [0.05, 0.1) is 11.1 Å². The lowest BCUT2D eigenvalue weighted by molar-refractivity contribution is 0.0646. The molecule has 5 rings (SSSR count). The molecule has 3 aromatic carbocycles. The molecule has 0 spiro atoms. The fraction of sp³-hybridized carbons (Fsp3) is 0.231. The van der Waals surface area contributed by atoms with Crippen LogP contribution in [0.2, 0.25) is 0 Å². The van der Waals surface area contributed by atoms with Crippen molar-refractivity contribution in [2.45, 2.75) is 27.7 Å². The number of fused-ring (bicyclic) bond motifs is 1. The molecule has 6 heteroatoms. The Bertz CT molecular complexity index is 1100. The first-order valence-electron chi connectivity index (χ1n) is 10.7. The molecule has 0 saturated carbocycles. The van der Waals surface area contributed by atoms with Crippen molar-refractivity contribution < 1.29 is 19.2 Å². The van der Waals surface area contributed by atoms with E-state index in [1.165, 1.54) is 14.1 Å². The van der Waals surface area contributed by atoms with Crippen LogP contribution in [0.3, 0.4) is 0 Å². The molecule has 2 aliphatic rings. The molecule has 0 atom stereocenters. The number of hydrogen-bond donors (Lipinski definition) is 0. The first-order valence-corrected chi connectivity index (χ1v) is 10.7. The molecular weight excluding hydrogens is 404 g/mol. The second kappa shape index (κ2) is 10.5. The molecule has 0 N–H and O–H groups in total. The van der Waals surface area contributed by atoms with Gasteiger partial charge in [-0.15, -0.1) is 0 Å². The molecule has 0 bridgehead atoms. The van der Waals surface area contributed by atoms with Crippen molar-refractivity contribution in [1.29, 1.82) is 0 Å². The maximum Gasteiger partial charge on any atom is 0.261 e. The van der Waals surface area contributed by atoms with Crippen molar-refractivity contribution in [3.63, 3.8) is 0 Å². The average molecular weight is 433 g/mol. The Balaban J connectivity index is 0.000000203. The summed E-state index contributed by atoms with van der Waals surface area (Å²) >= 11 is 0. The second-order valence-electron chi connectivity index (χ2n) is 6.59. The number of benzene rings is 3. The summed E-state index contributed by atoms with van der Waals surface area (Å²) in [6.45, 7) is 8.00. The van der Waals surface area contributed by atoms with Crippen LogP contribution < -0.4 is 0 Å². The number of hydrogen-bond acceptors (Lipinski definition) is 4. The molecule has 6 nitrogen and oxygen atoms in total. The minimum absolute atomic E-state index is 0.212. The lowest BCUT2D eigenvalue weighted by atomic mass is 9.94. The van der Waals surface area contributed by atoms with Crippen LogP contribution in [0.15, 0.2) is 60.7 Å². The smallest absolute Gasteiger partial charge is 0.261 e. The highest BCUT2D eigenvalue weighted by Crippen LogP contribution is 2.29. The summed E-state index contributed by atoms with van der Waals surface area (Å²) in [7, 11) is 3.00. The van der Waals surface area contributed by atoms with Crippen molar-refractivity contribution in [3.05, 3.63) is 82.9 Å². The molecule has 0 saturated heterocycles. The van der Waals surface area contributed by atoms with Gasteiger partial charge in [-0.1, -0.05) is 64.1 Å². The molecule has 0 aromatic heterocycles. The number of imide groups is 2. The van der Waals surface area contributed by atoms with E-state index in [0.717, 1.165) is 20.6 Å². The third-order valence-electron chi connectivity index (χ3n) is 4.97. The third-order valence-corrected chi connectivity index (χ3v) is 4.97. The van der Waals surface area contributed by atoms with Crippen LogP contribution in [0.25, 0.3) is 10.8 Å². The number of rotatable bonds is 0. The summed E-state index contributed by atoms with van der Waals surface area (Å²) in [5.74, 6) is -0.880. The predicted octanol–water partition coefficient (Wildman–Crippen LogP) is 5.03. The Labute approximate surface area is 188 Å². The van der Waals surface area contributed by atoms with Crippen LogP contribution in [0.4, 0.5) is 0 Å². The van der Waals surface area contributed by atoms with Crippen molar-refractivity contribution >= 4 is 34.4 Å². The summed E-state index contributed by atoms with van der Waals surface area (Å²) in [6, 6.07) is 17.9. The molecule has 2 heterocycles. The first kappa shape index (κ1) is 24.5. The topological polar surface area (TPSA) is 74.8 Å². The lowest BCUT2D eigenvalue weighted by Gasteiger charge is -2.23. The van der Waals surface area contributed by atoms with E-state index >= 15 is 0 Å².